The summed E-state index contributed by atoms with van der Waals surface area (Å²) in [5, 5.41) is 0. The van der Waals surface area contributed by atoms with Crippen LogP contribution in [0.25, 0.3) is 0 Å². The molecular formula is C15H16FNO. The molecule has 0 radical (unpaired) electrons. The van der Waals surface area contributed by atoms with E-state index >= 15 is 0 Å². The Morgan fingerprint density at radius 1 is 1.11 bits per heavy atom. The number of hydrogen-bond acceptors (Lipinski definition) is 2. The van der Waals surface area contributed by atoms with Gasteiger partial charge in [0.15, 0.2) is 0 Å². The average molecular weight is 245 g/mol. The maximum absolute atomic E-state index is 13.0. The van der Waals surface area contributed by atoms with Crippen molar-refractivity contribution in [1.29, 1.82) is 0 Å². The Morgan fingerprint density at radius 3 is 2.50 bits per heavy atom. The minimum absolute atomic E-state index is 0.109. The fourth-order valence-corrected chi connectivity index (χ4v) is 1.80. The summed E-state index contributed by atoms with van der Waals surface area (Å²) in [4.78, 5) is 0. The predicted molar refractivity (Wildman–Crippen MR) is 70.3 cm³/mol. The first-order valence-electron chi connectivity index (χ1n) is 5.86. The van der Waals surface area contributed by atoms with Gasteiger partial charge in [-0.25, -0.2) is 4.39 Å². The second-order valence-electron chi connectivity index (χ2n) is 4.34. The van der Waals surface area contributed by atoms with Gasteiger partial charge in [-0.3, -0.25) is 0 Å². The lowest BCUT2D eigenvalue weighted by molar-refractivity contribution is 0.466. The van der Waals surface area contributed by atoms with Crippen LogP contribution in [0.2, 0.25) is 0 Å². The van der Waals surface area contributed by atoms with Crippen LogP contribution in [0.4, 0.5) is 4.39 Å². The molecule has 0 saturated heterocycles. The van der Waals surface area contributed by atoms with Crippen LogP contribution >= 0.6 is 0 Å². The zero-order valence-corrected chi connectivity index (χ0v) is 10.5. The van der Waals surface area contributed by atoms with Gasteiger partial charge >= 0.3 is 0 Å². The van der Waals surface area contributed by atoms with E-state index in [2.05, 4.69) is 0 Å². The van der Waals surface area contributed by atoms with E-state index in [0.717, 1.165) is 11.1 Å². The highest BCUT2D eigenvalue weighted by molar-refractivity contribution is 5.42. The molecule has 0 saturated carbocycles. The Bertz CT molecular complexity index is 552. The summed E-state index contributed by atoms with van der Waals surface area (Å²) in [5.74, 6) is 1.09. The van der Waals surface area contributed by atoms with Crippen molar-refractivity contribution in [1.82, 2.24) is 0 Å². The van der Waals surface area contributed by atoms with Crippen molar-refractivity contribution >= 4 is 0 Å². The molecule has 2 N–H and O–H groups in total. The van der Waals surface area contributed by atoms with Crippen LogP contribution in [0.3, 0.4) is 0 Å². The van der Waals surface area contributed by atoms with Gasteiger partial charge in [0, 0.05) is 11.6 Å². The molecule has 2 aromatic carbocycles. The molecule has 0 heterocycles. The summed E-state index contributed by atoms with van der Waals surface area (Å²) < 4.78 is 18.8. The number of hydrogen-bond donors (Lipinski definition) is 1. The Hall–Kier alpha value is -1.87. The lowest BCUT2D eigenvalue weighted by atomic mass is 10.1. The number of para-hydroxylation sites is 1. The highest BCUT2D eigenvalue weighted by atomic mass is 19.1. The highest BCUT2D eigenvalue weighted by Crippen LogP contribution is 2.30. The third kappa shape index (κ3) is 2.68. The van der Waals surface area contributed by atoms with Gasteiger partial charge in [-0.05, 0) is 43.7 Å². The molecule has 1 atom stereocenters. The molecule has 94 valence electrons. The third-order valence-corrected chi connectivity index (χ3v) is 2.77. The van der Waals surface area contributed by atoms with Gasteiger partial charge in [0.2, 0.25) is 0 Å². The predicted octanol–water partition coefficient (Wildman–Crippen LogP) is 3.95. The van der Waals surface area contributed by atoms with Crippen LogP contribution in [0.5, 0.6) is 11.5 Å². The van der Waals surface area contributed by atoms with E-state index in [1.54, 1.807) is 6.07 Å². The van der Waals surface area contributed by atoms with E-state index in [9.17, 15) is 4.39 Å². The van der Waals surface area contributed by atoms with Crippen molar-refractivity contribution in [3.05, 3.63) is 59.4 Å². The van der Waals surface area contributed by atoms with Gasteiger partial charge in [0.05, 0.1) is 0 Å². The van der Waals surface area contributed by atoms with E-state index in [1.165, 1.54) is 12.1 Å². The topological polar surface area (TPSA) is 35.2 Å². The Labute approximate surface area is 106 Å². The molecule has 2 rings (SSSR count). The summed E-state index contributed by atoms with van der Waals surface area (Å²) in [6, 6.07) is 12.0. The van der Waals surface area contributed by atoms with E-state index in [4.69, 9.17) is 10.5 Å². The summed E-state index contributed by atoms with van der Waals surface area (Å²) in [6.45, 7) is 3.71. The van der Waals surface area contributed by atoms with Crippen LogP contribution in [0.15, 0.2) is 42.5 Å². The zero-order chi connectivity index (χ0) is 13.1. The van der Waals surface area contributed by atoms with Gasteiger partial charge in [-0.2, -0.15) is 0 Å². The largest absolute Gasteiger partial charge is 0.457 e. The molecule has 3 heteroatoms. The second kappa shape index (κ2) is 5.19. The number of aryl methyl sites for hydroxylation is 1. The van der Waals surface area contributed by atoms with Gasteiger partial charge in [-0.1, -0.05) is 18.2 Å². The van der Waals surface area contributed by atoms with Crippen molar-refractivity contribution in [3.63, 3.8) is 0 Å². The van der Waals surface area contributed by atoms with E-state index < -0.39 is 0 Å². The SMILES string of the molecule is Cc1cc(F)ccc1Oc1ccccc1C(C)N. The highest BCUT2D eigenvalue weighted by Gasteiger charge is 2.09. The standard InChI is InChI=1S/C15H16FNO/c1-10-9-12(16)7-8-14(10)18-15-6-4-3-5-13(15)11(2)17/h3-9,11H,17H2,1-2H3. The van der Waals surface area contributed by atoms with E-state index in [-0.39, 0.29) is 11.9 Å². The van der Waals surface area contributed by atoms with Crippen LogP contribution in [0, 0.1) is 12.7 Å². The van der Waals surface area contributed by atoms with Crippen LogP contribution in [0.1, 0.15) is 24.1 Å². The molecule has 0 aliphatic heterocycles. The Kier molecular flexibility index (Phi) is 3.63. The Morgan fingerprint density at radius 2 is 1.83 bits per heavy atom. The molecule has 0 spiro atoms. The lowest BCUT2D eigenvalue weighted by Crippen LogP contribution is -2.06. The molecule has 0 bridgehead atoms. The fraction of sp³-hybridized carbons (Fsp3) is 0.200. The van der Waals surface area contributed by atoms with Crippen molar-refractivity contribution in [3.8, 4) is 11.5 Å². The first kappa shape index (κ1) is 12.6. The number of halogens is 1. The molecule has 0 aromatic heterocycles. The summed E-state index contributed by atoms with van der Waals surface area (Å²) in [5.41, 5.74) is 7.58. The lowest BCUT2D eigenvalue weighted by Gasteiger charge is -2.14. The van der Waals surface area contributed by atoms with Crippen molar-refractivity contribution < 1.29 is 9.13 Å². The molecule has 1 unspecified atom stereocenters. The maximum atomic E-state index is 13.0. The van der Waals surface area contributed by atoms with Gasteiger partial charge < -0.3 is 10.5 Å². The number of rotatable bonds is 3. The quantitative estimate of drug-likeness (QED) is 0.888. The number of benzene rings is 2. The average Bonchev–Trinajstić information content (AvgIpc) is 2.33. The Balaban J connectivity index is 2.34. The second-order valence-corrected chi connectivity index (χ2v) is 4.34. The van der Waals surface area contributed by atoms with Gasteiger partial charge in [0.1, 0.15) is 17.3 Å². The summed E-state index contributed by atoms with van der Waals surface area (Å²) in [6.07, 6.45) is 0. The normalized spacial score (nSPS) is 12.2. The van der Waals surface area contributed by atoms with Crippen LogP contribution < -0.4 is 10.5 Å². The third-order valence-electron chi connectivity index (χ3n) is 2.77. The molecule has 0 fully saturated rings. The van der Waals surface area contributed by atoms with Crippen LogP contribution in [-0.2, 0) is 0 Å². The monoisotopic (exact) mass is 245 g/mol. The summed E-state index contributed by atoms with van der Waals surface area (Å²) in [7, 11) is 0. The molecule has 2 nitrogen and oxygen atoms in total. The fourth-order valence-electron chi connectivity index (χ4n) is 1.80. The molecule has 0 amide bonds. The van der Waals surface area contributed by atoms with Gasteiger partial charge in [0.25, 0.3) is 0 Å². The molecule has 0 aliphatic carbocycles. The molecular weight excluding hydrogens is 229 g/mol. The smallest absolute Gasteiger partial charge is 0.132 e. The first-order chi connectivity index (χ1) is 8.58. The van der Waals surface area contributed by atoms with Crippen molar-refractivity contribution in [2.24, 2.45) is 5.73 Å². The first-order valence-corrected chi connectivity index (χ1v) is 5.86. The van der Waals surface area contributed by atoms with E-state index in [1.807, 2.05) is 38.1 Å². The van der Waals surface area contributed by atoms with Crippen molar-refractivity contribution in [2.75, 3.05) is 0 Å². The van der Waals surface area contributed by atoms with Crippen LogP contribution in [-0.4, -0.2) is 0 Å². The zero-order valence-electron chi connectivity index (χ0n) is 10.5. The number of nitrogens with two attached hydrogens (primary N) is 1. The minimum atomic E-state index is -0.264. The maximum Gasteiger partial charge on any atom is 0.132 e. The summed E-state index contributed by atoms with van der Waals surface area (Å²) >= 11 is 0. The van der Waals surface area contributed by atoms with Crippen molar-refractivity contribution in [2.45, 2.75) is 19.9 Å². The van der Waals surface area contributed by atoms with E-state index in [0.29, 0.717) is 11.5 Å². The molecule has 2 aromatic rings. The number of ether oxygens (including phenoxy) is 1. The van der Waals surface area contributed by atoms with Gasteiger partial charge in [-0.15, -0.1) is 0 Å². The molecule has 0 aliphatic rings. The molecule has 18 heavy (non-hydrogen) atoms. The minimum Gasteiger partial charge on any atom is -0.457 e.